The Morgan fingerprint density at radius 2 is 0.986 bits per heavy atom. The summed E-state index contributed by atoms with van der Waals surface area (Å²) in [5.74, 6) is -4.91. The molecule has 22 nitrogen and oxygen atoms in total. The smallest absolute Gasteiger partial charge is 0.417 e. The van der Waals surface area contributed by atoms with Gasteiger partial charge in [0.25, 0.3) is 0 Å². The highest BCUT2D eigenvalue weighted by atomic mass is 19.4. The normalized spacial score (nSPS) is 10.7. The molecule has 0 saturated heterocycles. The van der Waals surface area contributed by atoms with Crippen molar-refractivity contribution in [1.82, 2.24) is 30.0 Å². The van der Waals surface area contributed by atoms with Gasteiger partial charge in [0.05, 0.1) is 62.7 Å². The minimum atomic E-state index is -4.93. The van der Waals surface area contributed by atoms with Crippen molar-refractivity contribution in [3.63, 3.8) is 0 Å². The third kappa shape index (κ3) is 12.7. The van der Waals surface area contributed by atoms with Crippen LogP contribution in [0.4, 0.5) is 37.7 Å². The molecule has 0 radical (unpaired) electrons. The molecule has 7 rings (SSSR count). The zero-order chi connectivity index (χ0) is 53.2. The number of aryl methyl sites for hydroxylation is 1. The molecule has 0 aliphatic rings. The van der Waals surface area contributed by atoms with Crippen molar-refractivity contribution >= 4 is 41.2 Å². The summed E-state index contributed by atoms with van der Waals surface area (Å²) in [6.45, 7) is 1.64. The number of aromatic nitrogens is 6. The van der Waals surface area contributed by atoms with Crippen molar-refractivity contribution in [2.45, 2.75) is 19.3 Å². The highest BCUT2D eigenvalue weighted by Crippen LogP contribution is 2.36. The van der Waals surface area contributed by atoms with E-state index in [2.05, 4.69) is 40.7 Å². The minimum Gasteiger partial charge on any atom is -0.478 e. The summed E-state index contributed by atoms with van der Waals surface area (Å²) in [6.07, 6.45) is -1.96. The van der Waals surface area contributed by atoms with Crippen LogP contribution in [0.3, 0.4) is 0 Å². The second-order valence-corrected chi connectivity index (χ2v) is 14.2. The van der Waals surface area contributed by atoms with Gasteiger partial charge < -0.3 is 25.5 Å². The molecule has 0 fully saturated rings. The van der Waals surface area contributed by atoms with E-state index < -0.39 is 64.5 Å². The maximum atomic E-state index is 13.5. The Labute approximate surface area is 396 Å². The van der Waals surface area contributed by atoms with Crippen LogP contribution < -0.4 is 0 Å². The van der Waals surface area contributed by atoms with Crippen LogP contribution in [0.1, 0.15) is 74.0 Å². The summed E-state index contributed by atoms with van der Waals surface area (Å²) in [7, 11) is 0. The van der Waals surface area contributed by atoms with Gasteiger partial charge in [-0.2, -0.15) is 26.3 Å². The molecule has 0 saturated carbocycles. The SMILES string of the molecule is C#Cc1ccc(C(=O)O)c(C(F)(F)F)c1.Cc1cc(-c2cn(-c3cc(C(=O)O)cc(-n4cc(-c5ccc(C(=O)O)c(C(F)(F)F)c5)nn4)c3)nn2)ccc1C(=O)O.[N-]=[N+]=Nc1cc(N=[N+]=[N-])cc(C(=O)O)c1. The number of rotatable bonds is 11. The standard InChI is InChI=1S/C27H17F3N6O6.C10H5F3O2.C7H4N6O2/c1-13-6-14(2-4-19(13)25(39)40)22-11-35(33-31-22)17-7-16(24(37)38)8-18(10-17)36-12-23(32-34-36)15-3-5-20(26(41)42)21(9-15)27(28,29)30;1-2-6-3-4-7(9(14)15)8(5-6)10(11,12)13;8-12-10-5-1-4(7(14)15)2-6(3-5)11-13-9/h2-12H,1H3,(H,37,38)(H,39,40)(H,41,42);1,3-5H,(H,14,15);1-3H,(H,14,15). The first kappa shape index (κ1) is 52.5. The molecule has 0 amide bonds. The molecule has 0 aliphatic heterocycles. The monoisotopic (exact) mass is 996 g/mol. The van der Waals surface area contributed by atoms with E-state index in [1.165, 1.54) is 59.5 Å². The minimum absolute atomic E-state index is 0.00711. The number of terminal acetylenes is 1. The van der Waals surface area contributed by atoms with Crippen molar-refractivity contribution in [3.8, 4) is 46.2 Å². The van der Waals surface area contributed by atoms with E-state index in [1.807, 2.05) is 5.92 Å². The van der Waals surface area contributed by atoms with Crippen LogP contribution in [-0.2, 0) is 12.4 Å². The largest absolute Gasteiger partial charge is 0.478 e. The Hall–Kier alpha value is -10.5. The van der Waals surface area contributed by atoms with Crippen LogP contribution in [0.15, 0.2) is 114 Å². The van der Waals surface area contributed by atoms with Crippen LogP contribution in [0.5, 0.6) is 0 Å². The van der Waals surface area contributed by atoms with E-state index in [0.717, 1.165) is 28.9 Å². The number of carbonyl (C=O) groups is 5. The predicted molar refractivity (Wildman–Crippen MR) is 235 cm³/mol. The first-order valence-electron chi connectivity index (χ1n) is 19.3. The Morgan fingerprint density at radius 3 is 1.39 bits per heavy atom. The van der Waals surface area contributed by atoms with Crippen LogP contribution in [0, 0.1) is 19.3 Å². The lowest BCUT2D eigenvalue weighted by molar-refractivity contribution is -0.138. The fraction of sp³-hybridized carbons (Fsp3) is 0.0682. The van der Waals surface area contributed by atoms with E-state index in [9.17, 15) is 60.5 Å². The molecule has 0 atom stereocenters. The molecule has 364 valence electrons. The van der Waals surface area contributed by atoms with Gasteiger partial charge in [0, 0.05) is 37.9 Å². The van der Waals surface area contributed by atoms with Gasteiger partial charge in [0.2, 0.25) is 0 Å². The van der Waals surface area contributed by atoms with Gasteiger partial charge in [-0.15, -0.1) is 16.6 Å². The molecule has 28 heteroatoms. The van der Waals surface area contributed by atoms with Crippen molar-refractivity contribution in [2.24, 2.45) is 10.2 Å². The molecular formula is C44H26F6N12O10. The second kappa shape index (κ2) is 21.6. The van der Waals surface area contributed by atoms with Gasteiger partial charge >= 0.3 is 42.2 Å². The number of aromatic carboxylic acids is 5. The van der Waals surface area contributed by atoms with Crippen LogP contribution in [-0.4, -0.2) is 85.4 Å². The molecule has 5 N–H and O–H groups in total. The van der Waals surface area contributed by atoms with E-state index in [1.54, 1.807) is 19.1 Å². The first-order chi connectivity index (χ1) is 33.8. The molecule has 2 aromatic heterocycles. The second-order valence-electron chi connectivity index (χ2n) is 14.2. The first-order valence-corrected chi connectivity index (χ1v) is 19.3. The zero-order valence-electron chi connectivity index (χ0n) is 35.8. The number of nitrogens with zero attached hydrogens (tertiary/aromatic N) is 12. The van der Waals surface area contributed by atoms with Crippen molar-refractivity contribution in [3.05, 3.63) is 174 Å². The van der Waals surface area contributed by atoms with Crippen molar-refractivity contribution in [2.75, 3.05) is 0 Å². The number of carboxylic acid groups (broad SMARTS) is 5. The van der Waals surface area contributed by atoms with Crippen LogP contribution in [0.2, 0.25) is 0 Å². The molecular weight excluding hydrogens is 971 g/mol. The van der Waals surface area contributed by atoms with E-state index in [4.69, 9.17) is 32.8 Å². The van der Waals surface area contributed by atoms with Gasteiger partial charge in [0.1, 0.15) is 11.4 Å². The number of azide groups is 2. The number of carboxylic acids is 5. The maximum absolute atomic E-state index is 13.5. The Bertz CT molecular complexity index is 3390. The lowest BCUT2D eigenvalue weighted by Gasteiger charge is -2.11. The van der Waals surface area contributed by atoms with Gasteiger partial charge in [-0.25, -0.2) is 33.3 Å². The molecule has 0 bridgehead atoms. The number of benzene rings is 5. The molecule has 7 aromatic rings. The maximum Gasteiger partial charge on any atom is 0.417 e. The highest BCUT2D eigenvalue weighted by Gasteiger charge is 2.37. The quantitative estimate of drug-likeness (QED) is 0.0265. The summed E-state index contributed by atoms with van der Waals surface area (Å²) in [5, 5.41) is 67.7. The number of halogens is 6. The summed E-state index contributed by atoms with van der Waals surface area (Å²) in [4.78, 5) is 60.6. The fourth-order valence-electron chi connectivity index (χ4n) is 6.21. The zero-order valence-corrected chi connectivity index (χ0v) is 35.8. The summed E-state index contributed by atoms with van der Waals surface area (Å²) in [5.41, 5.74) is 13.9. The van der Waals surface area contributed by atoms with Crippen molar-refractivity contribution < 1.29 is 75.8 Å². The lowest BCUT2D eigenvalue weighted by Crippen LogP contribution is -2.13. The van der Waals surface area contributed by atoms with Gasteiger partial charge in [-0.05, 0) is 102 Å². The molecule has 2 heterocycles. The van der Waals surface area contributed by atoms with Crippen LogP contribution in [0.25, 0.3) is 54.8 Å². The summed E-state index contributed by atoms with van der Waals surface area (Å²) < 4.78 is 80.1. The average Bonchev–Trinajstić information content (AvgIpc) is 4.03. The highest BCUT2D eigenvalue weighted by molar-refractivity contribution is 5.92. The Balaban J connectivity index is 0.000000261. The molecule has 5 aromatic carbocycles. The predicted octanol–water partition coefficient (Wildman–Crippen LogP) is 10.3. The molecule has 0 unspecified atom stereocenters. The van der Waals surface area contributed by atoms with Crippen molar-refractivity contribution in [1.29, 1.82) is 0 Å². The topological polar surface area (TPSA) is 345 Å². The van der Waals surface area contributed by atoms with Gasteiger partial charge in [0.15, 0.2) is 0 Å². The van der Waals surface area contributed by atoms with E-state index >= 15 is 0 Å². The number of hydrogen-bond donors (Lipinski definition) is 5. The molecule has 0 spiro atoms. The van der Waals surface area contributed by atoms with Crippen LogP contribution >= 0.6 is 0 Å². The fourth-order valence-corrected chi connectivity index (χ4v) is 6.21. The average molecular weight is 997 g/mol. The van der Waals surface area contributed by atoms with Gasteiger partial charge in [-0.1, -0.05) is 38.7 Å². The lowest BCUT2D eigenvalue weighted by atomic mass is 10.0. The number of hydrogen-bond acceptors (Lipinski definition) is 11. The van der Waals surface area contributed by atoms with E-state index in [-0.39, 0.29) is 56.3 Å². The van der Waals surface area contributed by atoms with Gasteiger partial charge in [-0.3, -0.25) is 0 Å². The molecule has 0 aliphatic carbocycles. The third-order valence-electron chi connectivity index (χ3n) is 9.46. The Morgan fingerprint density at radius 1 is 0.569 bits per heavy atom. The summed E-state index contributed by atoms with van der Waals surface area (Å²) >= 11 is 0. The van der Waals surface area contributed by atoms with E-state index in [0.29, 0.717) is 29.0 Å². The summed E-state index contributed by atoms with van der Waals surface area (Å²) in [6, 6.07) is 17.6. The number of alkyl halides is 6. The Kier molecular flexibility index (Phi) is 15.8. The molecule has 72 heavy (non-hydrogen) atoms. The third-order valence-corrected chi connectivity index (χ3v) is 9.46.